The summed E-state index contributed by atoms with van der Waals surface area (Å²) in [4.78, 5) is 21.8. The van der Waals surface area contributed by atoms with Crippen molar-refractivity contribution >= 4 is 11.7 Å². The maximum Gasteiger partial charge on any atom is 0.321 e. The van der Waals surface area contributed by atoms with Crippen molar-refractivity contribution in [3.8, 4) is 11.5 Å². The molecule has 0 aliphatic heterocycles. The molecule has 0 heterocycles. The number of nitrogens with one attached hydrogen (secondary N) is 1. The molecular weight excluding hydrogens is 316 g/mol. The molecule has 1 atom stereocenters. The standard InChI is InChI=1S/C16H16N2O6/c19-14-6-5-10(8-15(14)20)7-12(16(21)22)17-9-11-3-1-2-4-13(11)18(23)24/h1-6,8,12,17,19-20H,7,9H2,(H,21,22). The summed E-state index contributed by atoms with van der Waals surface area (Å²) in [5.74, 6) is -1.75. The third-order valence-electron chi connectivity index (χ3n) is 3.50. The van der Waals surface area contributed by atoms with Crippen molar-refractivity contribution in [1.29, 1.82) is 0 Å². The van der Waals surface area contributed by atoms with E-state index in [1.807, 2.05) is 0 Å². The topological polar surface area (TPSA) is 133 Å². The Balaban J connectivity index is 2.11. The minimum absolute atomic E-state index is 0.0121. The second-order valence-corrected chi connectivity index (χ2v) is 5.18. The lowest BCUT2D eigenvalue weighted by atomic mass is 10.0. The number of aliphatic carboxylic acids is 1. The number of hydrogen-bond acceptors (Lipinski definition) is 6. The molecule has 0 aromatic heterocycles. The second kappa shape index (κ2) is 7.42. The average molecular weight is 332 g/mol. The molecule has 8 nitrogen and oxygen atoms in total. The number of carboxylic acids is 1. The van der Waals surface area contributed by atoms with Crippen LogP contribution in [0.15, 0.2) is 42.5 Å². The molecule has 0 bridgehead atoms. The number of para-hydroxylation sites is 1. The first-order chi connectivity index (χ1) is 11.4. The third-order valence-corrected chi connectivity index (χ3v) is 3.50. The molecule has 8 heteroatoms. The van der Waals surface area contributed by atoms with Crippen molar-refractivity contribution in [1.82, 2.24) is 5.32 Å². The van der Waals surface area contributed by atoms with Crippen LogP contribution in [0, 0.1) is 10.1 Å². The highest BCUT2D eigenvalue weighted by molar-refractivity contribution is 5.74. The second-order valence-electron chi connectivity index (χ2n) is 5.18. The van der Waals surface area contributed by atoms with Gasteiger partial charge in [0.15, 0.2) is 11.5 Å². The van der Waals surface area contributed by atoms with Gasteiger partial charge in [0.2, 0.25) is 0 Å². The Hall–Kier alpha value is -3.13. The lowest BCUT2D eigenvalue weighted by Gasteiger charge is -2.15. The number of benzene rings is 2. The molecule has 2 rings (SSSR count). The summed E-state index contributed by atoms with van der Waals surface area (Å²) >= 11 is 0. The normalized spacial score (nSPS) is 11.8. The van der Waals surface area contributed by atoms with Crippen LogP contribution in [0.2, 0.25) is 0 Å². The molecule has 4 N–H and O–H groups in total. The number of nitrogens with zero attached hydrogens (tertiary/aromatic N) is 1. The SMILES string of the molecule is O=C(O)C(Cc1ccc(O)c(O)c1)NCc1ccccc1[N+](=O)[O-]. The molecule has 0 saturated heterocycles. The highest BCUT2D eigenvalue weighted by Gasteiger charge is 2.20. The monoisotopic (exact) mass is 332 g/mol. The van der Waals surface area contributed by atoms with E-state index < -0.39 is 16.9 Å². The van der Waals surface area contributed by atoms with Crippen LogP contribution in [-0.4, -0.2) is 32.3 Å². The van der Waals surface area contributed by atoms with Gasteiger partial charge in [0.05, 0.1) is 4.92 Å². The van der Waals surface area contributed by atoms with Crippen LogP contribution in [0.25, 0.3) is 0 Å². The molecule has 1 unspecified atom stereocenters. The predicted octanol–water partition coefficient (Wildman–Crippen LogP) is 1.79. The minimum Gasteiger partial charge on any atom is -0.504 e. The van der Waals surface area contributed by atoms with Gasteiger partial charge in [-0.05, 0) is 24.1 Å². The third kappa shape index (κ3) is 4.20. The molecule has 0 saturated carbocycles. The maximum atomic E-state index is 11.4. The highest BCUT2D eigenvalue weighted by Crippen LogP contribution is 2.25. The molecular formula is C16H16N2O6. The van der Waals surface area contributed by atoms with Gasteiger partial charge in [-0.1, -0.05) is 24.3 Å². The first kappa shape index (κ1) is 17.2. The largest absolute Gasteiger partial charge is 0.504 e. The van der Waals surface area contributed by atoms with Crippen molar-refractivity contribution in [2.75, 3.05) is 0 Å². The predicted molar refractivity (Wildman–Crippen MR) is 84.8 cm³/mol. The number of aromatic hydroxyl groups is 2. The summed E-state index contributed by atoms with van der Waals surface area (Å²) < 4.78 is 0. The quantitative estimate of drug-likeness (QED) is 0.345. The lowest BCUT2D eigenvalue weighted by Crippen LogP contribution is -2.38. The first-order valence-electron chi connectivity index (χ1n) is 7.08. The summed E-state index contributed by atoms with van der Waals surface area (Å²) in [7, 11) is 0. The first-order valence-corrected chi connectivity index (χ1v) is 7.08. The van der Waals surface area contributed by atoms with Gasteiger partial charge in [0.1, 0.15) is 6.04 Å². The van der Waals surface area contributed by atoms with E-state index in [9.17, 15) is 30.2 Å². The van der Waals surface area contributed by atoms with Crippen LogP contribution >= 0.6 is 0 Å². The fourth-order valence-corrected chi connectivity index (χ4v) is 2.25. The smallest absolute Gasteiger partial charge is 0.321 e. The summed E-state index contributed by atoms with van der Waals surface area (Å²) in [6, 6.07) is 9.11. The maximum absolute atomic E-state index is 11.4. The highest BCUT2D eigenvalue weighted by atomic mass is 16.6. The van der Waals surface area contributed by atoms with E-state index in [0.717, 1.165) is 0 Å². The summed E-state index contributed by atoms with van der Waals surface area (Å²) in [6.45, 7) is 0.0121. The number of rotatable bonds is 7. The van der Waals surface area contributed by atoms with E-state index in [4.69, 9.17) is 0 Å². The van der Waals surface area contributed by atoms with E-state index in [0.29, 0.717) is 11.1 Å². The van der Waals surface area contributed by atoms with Crippen LogP contribution in [0.4, 0.5) is 5.69 Å². The van der Waals surface area contributed by atoms with E-state index in [1.54, 1.807) is 12.1 Å². The number of phenolic OH excluding ortho intramolecular Hbond substituents is 2. The van der Waals surface area contributed by atoms with Crippen molar-refractivity contribution in [3.05, 3.63) is 63.7 Å². The molecule has 126 valence electrons. The fraction of sp³-hybridized carbons (Fsp3) is 0.188. The zero-order chi connectivity index (χ0) is 17.7. The van der Waals surface area contributed by atoms with E-state index in [1.165, 1.54) is 30.3 Å². The Morgan fingerprint density at radius 3 is 2.50 bits per heavy atom. The van der Waals surface area contributed by atoms with Crippen molar-refractivity contribution in [3.63, 3.8) is 0 Å². The van der Waals surface area contributed by atoms with Crippen LogP contribution in [0.5, 0.6) is 11.5 Å². The summed E-state index contributed by atoms with van der Waals surface area (Å²) in [5, 5.41) is 41.8. The van der Waals surface area contributed by atoms with Crippen molar-refractivity contribution in [2.24, 2.45) is 0 Å². The Morgan fingerprint density at radius 2 is 1.88 bits per heavy atom. The molecule has 0 radical (unpaired) electrons. The van der Waals surface area contributed by atoms with Crippen LogP contribution in [-0.2, 0) is 17.8 Å². The van der Waals surface area contributed by atoms with Gasteiger partial charge in [-0.3, -0.25) is 20.2 Å². The zero-order valence-corrected chi connectivity index (χ0v) is 12.5. The molecule has 2 aromatic rings. The van der Waals surface area contributed by atoms with Crippen LogP contribution < -0.4 is 5.32 Å². The van der Waals surface area contributed by atoms with Crippen molar-refractivity contribution in [2.45, 2.75) is 19.0 Å². The molecule has 24 heavy (non-hydrogen) atoms. The molecule has 0 amide bonds. The van der Waals surface area contributed by atoms with Crippen molar-refractivity contribution < 1.29 is 25.0 Å². The van der Waals surface area contributed by atoms with E-state index >= 15 is 0 Å². The van der Waals surface area contributed by atoms with Gasteiger partial charge in [0, 0.05) is 18.2 Å². The molecule has 0 spiro atoms. The van der Waals surface area contributed by atoms with E-state index in [2.05, 4.69) is 5.32 Å². The molecule has 0 aliphatic carbocycles. The lowest BCUT2D eigenvalue weighted by molar-refractivity contribution is -0.385. The Labute approximate surface area is 137 Å². The molecule has 2 aromatic carbocycles. The summed E-state index contributed by atoms with van der Waals surface area (Å²) in [5.41, 5.74) is 0.798. The zero-order valence-electron chi connectivity index (χ0n) is 12.5. The summed E-state index contributed by atoms with van der Waals surface area (Å²) in [6.07, 6.45) is 0.0454. The van der Waals surface area contributed by atoms with Gasteiger partial charge in [-0.15, -0.1) is 0 Å². The van der Waals surface area contributed by atoms with Crippen LogP contribution in [0.3, 0.4) is 0 Å². The number of hydrogen-bond donors (Lipinski definition) is 4. The number of phenols is 2. The Bertz CT molecular complexity index is 762. The minimum atomic E-state index is -1.12. The Morgan fingerprint density at radius 1 is 1.17 bits per heavy atom. The fourth-order valence-electron chi connectivity index (χ4n) is 2.25. The molecule has 0 fully saturated rings. The number of nitro benzene ring substituents is 1. The van der Waals surface area contributed by atoms with E-state index in [-0.39, 0.29) is 30.2 Å². The molecule has 0 aliphatic rings. The average Bonchev–Trinajstić information content (AvgIpc) is 2.54. The van der Waals surface area contributed by atoms with Crippen LogP contribution in [0.1, 0.15) is 11.1 Å². The van der Waals surface area contributed by atoms with Gasteiger partial charge < -0.3 is 15.3 Å². The number of nitro groups is 1. The number of carbonyl (C=O) groups is 1. The number of carboxylic acid groups (broad SMARTS) is 1. The van der Waals surface area contributed by atoms with Gasteiger partial charge in [-0.2, -0.15) is 0 Å². The Kier molecular flexibility index (Phi) is 5.33. The van der Waals surface area contributed by atoms with Gasteiger partial charge in [-0.25, -0.2) is 0 Å². The van der Waals surface area contributed by atoms with Gasteiger partial charge >= 0.3 is 5.97 Å². The van der Waals surface area contributed by atoms with Gasteiger partial charge in [0.25, 0.3) is 5.69 Å².